The van der Waals surface area contributed by atoms with Gasteiger partial charge in [-0.05, 0) is 42.5 Å². The number of benzene rings is 2. The molecule has 0 bridgehead atoms. The number of carbonyl (C=O) groups excluding carboxylic acids is 3. The molecule has 2 aromatic rings. The first-order valence-electron chi connectivity index (χ1n) is 14.7. The van der Waals surface area contributed by atoms with Crippen LogP contribution in [0.2, 0.25) is 0 Å². The van der Waals surface area contributed by atoms with Crippen molar-refractivity contribution in [2.45, 2.75) is 50.7 Å². The zero-order chi connectivity index (χ0) is 28.9. The number of urea groups is 1. The molecule has 4 aliphatic rings. The van der Waals surface area contributed by atoms with Crippen LogP contribution in [0.15, 0.2) is 54.6 Å². The second kappa shape index (κ2) is 12.6. The van der Waals surface area contributed by atoms with E-state index in [0.29, 0.717) is 32.8 Å². The van der Waals surface area contributed by atoms with E-state index >= 15 is 0 Å². The molecule has 0 unspecified atom stereocenters. The first-order chi connectivity index (χ1) is 20.4. The minimum absolute atomic E-state index is 0.00409. The Morgan fingerprint density at radius 1 is 1.02 bits per heavy atom. The lowest BCUT2D eigenvalue weighted by molar-refractivity contribution is -0.147. The number of likely N-dealkylation sites (tertiary alicyclic amines) is 2. The molecule has 1 spiro atoms. The van der Waals surface area contributed by atoms with Gasteiger partial charge in [0, 0.05) is 31.6 Å². The van der Waals surface area contributed by atoms with Gasteiger partial charge in [0.25, 0.3) is 0 Å². The predicted octanol–water partition coefficient (Wildman–Crippen LogP) is 2.68. The first-order valence-corrected chi connectivity index (χ1v) is 14.7. The van der Waals surface area contributed by atoms with Gasteiger partial charge in [-0.2, -0.15) is 0 Å². The van der Waals surface area contributed by atoms with Gasteiger partial charge in [-0.15, -0.1) is 0 Å². The molecule has 6 rings (SSSR count). The van der Waals surface area contributed by atoms with Gasteiger partial charge in [-0.3, -0.25) is 4.79 Å². The summed E-state index contributed by atoms with van der Waals surface area (Å²) in [5.41, 5.74) is 2.13. The summed E-state index contributed by atoms with van der Waals surface area (Å²) in [6.07, 6.45) is 2.36. The lowest BCUT2D eigenvalue weighted by atomic mass is 9.62. The number of fused-ring (bicyclic) bond motifs is 1. The number of amides is 4. The van der Waals surface area contributed by atoms with Gasteiger partial charge >= 0.3 is 12.1 Å². The van der Waals surface area contributed by atoms with E-state index < -0.39 is 6.09 Å². The van der Waals surface area contributed by atoms with Crippen LogP contribution in [0.4, 0.5) is 9.59 Å². The van der Waals surface area contributed by atoms with Crippen molar-refractivity contribution in [2.75, 3.05) is 45.9 Å². The summed E-state index contributed by atoms with van der Waals surface area (Å²) in [5.74, 6) is 0.608. The molecular formula is C31H38N4O7. The molecule has 1 saturated carbocycles. The molecule has 2 atom stereocenters. The average Bonchev–Trinajstić information content (AvgIpc) is 2.97. The normalized spacial score (nSPS) is 22.8. The van der Waals surface area contributed by atoms with Crippen molar-refractivity contribution in [3.05, 3.63) is 65.7 Å². The van der Waals surface area contributed by atoms with E-state index in [1.165, 1.54) is 0 Å². The number of hydrogen-bond acceptors (Lipinski definition) is 7. The fourth-order valence-corrected chi connectivity index (χ4v) is 6.29. The second-order valence-corrected chi connectivity index (χ2v) is 11.7. The van der Waals surface area contributed by atoms with E-state index in [1.54, 1.807) is 0 Å². The Hall–Kier alpha value is -3.83. The quantitative estimate of drug-likeness (QED) is 0.439. The highest BCUT2D eigenvalue weighted by atomic mass is 16.5. The minimum Gasteiger partial charge on any atom is -0.492 e. The molecular weight excluding hydrogens is 540 g/mol. The van der Waals surface area contributed by atoms with Crippen molar-refractivity contribution >= 4 is 18.0 Å². The Morgan fingerprint density at radius 2 is 1.83 bits per heavy atom. The Balaban J connectivity index is 0.850. The Labute approximate surface area is 245 Å². The third-order valence-corrected chi connectivity index (χ3v) is 8.48. The Kier molecular flexibility index (Phi) is 8.48. The number of hydrogen-bond donors (Lipinski definition) is 2. The highest BCUT2D eigenvalue weighted by Gasteiger charge is 2.55. The fraction of sp³-hybridized carbons (Fsp3) is 0.516. The minimum atomic E-state index is -0.476. The maximum Gasteiger partial charge on any atom is 0.407 e. The fourth-order valence-electron chi connectivity index (χ4n) is 6.29. The van der Waals surface area contributed by atoms with E-state index in [0.717, 1.165) is 49.2 Å². The highest BCUT2D eigenvalue weighted by molar-refractivity contribution is 5.79. The SMILES string of the molecule is O=C1CO[C@H]2CCN(C(=O)N3CC4(CC(OCc5cccc(OCCNC(=O)OCc6ccccc6)c5)C4)C3)C[C@H]2N1. The van der Waals surface area contributed by atoms with Gasteiger partial charge in [0.05, 0.1) is 31.4 Å². The third-order valence-electron chi connectivity index (χ3n) is 8.48. The standard InChI is InChI=1S/C31H38N4O7/c36-28-19-41-27-9-11-34(16-26(27)33-28)30(38)35-20-31(21-35)14-25(15-31)40-18-23-7-4-8-24(13-23)39-12-10-32-29(37)42-17-22-5-2-1-3-6-22/h1-8,13,25-27H,9-12,14-21H2,(H,32,37)(H,33,36)/t26-,27+/m1/s1. The van der Waals surface area contributed by atoms with E-state index in [-0.39, 0.29) is 48.8 Å². The molecule has 3 heterocycles. The van der Waals surface area contributed by atoms with Crippen LogP contribution < -0.4 is 15.4 Å². The predicted molar refractivity (Wildman–Crippen MR) is 152 cm³/mol. The number of ether oxygens (including phenoxy) is 4. The van der Waals surface area contributed by atoms with Crippen molar-refractivity contribution in [1.82, 2.24) is 20.4 Å². The number of nitrogens with zero attached hydrogens (tertiary/aromatic N) is 2. The van der Waals surface area contributed by atoms with E-state index in [9.17, 15) is 14.4 Å². The molecule has 224 valence electrons. The summed E-state index contributed by atoms with van der Waals surface area (Å²) in [5, 5.41) is 5.65. The average molecular weight is 579 g/mol. The smallest absolute Gasteiger partial charge is 0.407 e. The van der Waals surface area contributed by atoms with Crippen LogP contribution in [0.5, 0.6) is 5.75 Å². The number of carbonyl (C=O) groups is 3. The monoisotopic (exact) mass is 578 g/mol. The van der Waals surface area contributed by atoms with E-state index in [2.05, 4.69) is 10.6 Å². The lowest BCUT2D eigenvalue weighted by Crippen LogP contribution is -2.69. The molecule has 11 nitrogen and oxygen atoms in total. The molecule has 2 N–H and O–H groups in total. The van der Waals surface area contributed by atoms with Gasteiger partial charge in [0.1, 0.15) is 25.6 Å². The molecule has 0 aromatic heterocycles. The zero-order valence-electron chi connectivity index (χ0n) is 23.7. The molecule has 11 heteroatoms. The summed E-state index contributed by atoms with van der Waals surface area (Å²) in [6.45, 7) is 4.18. The van der Waals surface area contributed by atoms with Gasteiger partial charge in [-0.1, -0.05) is 42.5 Å². The van der Waals surface area contributed by atoms with Crippen molar-refractivity contribution in [3.63, 3.8) is 0 Å². The van der Waals surface area contributed by atoms with Crippen LogP contribution in [-0.4, -0.2) is 92.0 Å². The maximum absolute atomic E-state index is 13.0. The summed E-state index contributed by atoms with van der Waals surface area (Å²) in [4.78, 5) is 40.3. The van der Waals surface area contributed by atoms with Crippen LogP contribution in [0.1, 0.15) is 30.4 Å². The van der Waals surface area contributed by atoms with Gasteiger partial charge in [-0.25, -0.2) is 9.59 Å². The molecule has 4 fully saturated rings. The summed E-state index contributed by atoms with van der Waals surface area (Å²) >= 11 is 0. The number of piperidine rings is 1. The van der Waals surface area contributed by atoms with Crippen LogP contribution in [0, 0.1) is 5.41 Å². The molecule has 3 saturated heterocycles. The van der Waals surface area contributed by atoms with Crippen molar-refractivity contribution in [1.29, 1.82) is 0 Å². The molecule has 4 amide bonds. The van der Waals surface area contributed by atoms with Crippen molar-refractivity contribution in [2.24, 2.45) is 5.41 Å². The van der Waals surface area contributed by atoms with E-state index in [1.807, 2.05) is 64.4 Å². The molecule has 1 aliphatic carbocycles. The lowest BCUT2D eigenvalue weighted by Gasteiger charge is -2.59. The summed E-state index contributed by atoms with van der Waals surface area (Å²) in [7, 11) is 0. The second-order valence-electron chi connectivity index (χ2n) is 11.7. The van der Waals surface area contributed by atoms with Crippen LogP contribution in [0.25, 0.3) is 0 Å². The number of alkyl carbamates (subject to hydrolysis) is 1. The number of nitrogens with one attached hydrogen (secondary N) is 2. The van der Waals surface area contributed by atoms with Crippen molar-refractivity contribution in [3.8, 4) is 5.75 Å². The van der Waals surface area contributed by atoms with Crippen molar-refractivity contribution < 1.29 is 33.3 Å². The highest BCUT2D eigenvalue weighted by Crippen LogP contribution is 2.50. The Morgan fingerprint density at radius 3 is 2.67 bits per heavy atom. The third kappa shape index (κ3) is 6.79. The molecule has 0 radical (unpaired) electrons. The number of rotatable bonds is 9. The Bertz CT molecular complexity index is 1260. The van der Waals surface area contributed by atoms with Gasteiger partial charge < -0.3 is 39.4 Å². The summed E-state index contributed by atoms with van der Waals surface area (Å²) in [6, 6.07) is 17.2. The van der Waals surface area contributed by atoms with Gasteiger partial charge in [0.2, 0.25) is 5.91 Å². The van der Waals surface area contributed by atoms with E-state index in [4.69, 9.17) is 18.9 Å². The summed E-state index contributed by atoms with van der Waals surface area (Å²) < 4.78 is 22.8. The van der Waals surface area contributed by atoms with Gasteiger partial charge in [0.15, 0.2) is 0 Å². The topological polar surface area (TPSA) is 119 Å². The maximum atomic E-state index is 13.0. The number of morpholine rings is 1. The molecule has 2 aromatic carbocycles. The van der Waals surface area contributed by atoms with Crippen LogP contribution >= 0.6 is 0 Å². The zero-order valence-corrected chi connectivity index (χ0v) is 23.7. The first kappa shape index (κ1) is 28.3. The largest absolute Gasteiger partial charge is 0.492 e. The van der Waals surface area contributed by atoms with Crippen LogP contribution in [0.3, 0.4) is 0 Å². The van der Waals surface area contributed by atoms with Crippen LogP contribution in [-0.2, 0) is 32.2 Å². The molecule has 42 heavy (non-hydrogen) atoms. The molecule has 3 aliphatic heterocycles.